The van der Waals surface area contributed by atoms with Gasteiger partial charge in [-0.15, -0.1) is 0 Å². The van der Waals surface area contributed by atoms with Gasteiger partial charge in [0.05, 0.1) is 6.42 Å². The number of carbonyl (C=O) groups excluding carboxylic acids is 6. The van der Waals surface area contributed by atoms with E-state index in [0.29, 0.717) is 24.8 Å². The predicted octanol–water partition coefficient (Wildman–Crippen LogP) is 1.90. The summed E-state index contributed by atoms with van der Waals surface area (Å²) in [4.78, 5) is 84.6. The lowest BCUT2D eigenvalue weighted by Crippen LogP contribution is -2.60. The van der Waals surface area contributed by atoms with Gasteiger partial charge in [0, 0.05) is 26.6 Å². The third-order valence-electron chi connectivity index (χ3n) is 8.70. The lowest BCUT2D eigenvalue weighted by atomic mass is 9.97. The molecule has 3 rings (SSSR count). The van der Waals surface area contributed by atoms with E-state index in [-0.39, 0.29) is 55.9 Å². The molecule has 5 unspecified atom stereocenters. The summed E-state index contributed by atoms with van der Waals surface area (Å²) in [5.41, 5.74) is 0.653. The number of ether oxygens (including phenoxy) is 1. The number of esters is 1. The number of likely N-dealkylation sites (N-methyl/N-ethyl adjacent to an activating group) is 1. The topological polar surface area (TPSA) is 174 Å². The van der Waals surface area contributed by atoms with E-state index in [2.05, 4.69) is 16.0 Å². The number of hydrogen-bond acceptors (Lipinski definition) is 8. The number of amides is 5. The molecule has 266 valence electrons. The molecule has 1 aromatic carbocycles. The summed E-state index contributed by atoms with van der Waals surface area (Å²) in [5.74, 6) is -3.51. The van der Waals surface area contributed by atoms with Crippen LogP contribution in [0.5, 0.6) is 5.75 Å². The van der Waals surface area contributed by atoms with Crippen molar-refractivity contribution in [3.05, 3.63) is 29.8 Å². The lowest BCUT2D eigenvalue weighted by molar-refractivity contribution is -0.162. The molecular formula is C35H53N5O8. The van der Waals surface area contributed by atoms with Crippen LogP contribution < -0.4 is 16.0 Å². The van der Waals surface area contributed by atoms with Crippen molar-refractivity contribution >= 4 is 35.5 Å². The van der Waals surface area contributed by atoms with Crippen molar-refractivity contribution < 1.29 is 38.6 Å². The van der Waals surface area contributed by atoms with Crippen LogP contribution in [-0.2, 0) is 39.9 Å². The molecule has 2 aliphatic heterocycles. The first-order chi connectivity index (χ1) is 22.6. The van der Waals surface area contributed by atoms with Crippen molar-refractivity contribution in [2.45, 2.75) is 110 Å². The van der Waals surface area contributed by atoms with Crippen molar-refractivity contribution in [3.63, 3.8) is 0 Å². The molecular weight excluding hydrogens is 618 g/mol. The highest BCUT2D eigenvalue weighted by Crippen LogP contribution is 2.23. The normalized spacial score (nSPS) is 25.7. The largest absolute Gasteiger partial charge is 0.508 e. The molecule has 0 radical (unpaired) electrons. The number of phenols is 1. The van der Waals surface area contributed by atoms with E-state index in [0.717, 1.165) is 0 Å². The smallest absolute Gasteiger partial charge is 0.308 e. The highest BCUT2D eigenvalue weighted by Gasteiger charge is 2.41. The monoisotopic (exact) mass is 671 g/mol. The number of aromatic hydroxyl groups is 1. The van der Waals surface area contributed by atoms with Crippen LogP contribution in [0.3, 0.4) is 0 Å². The summed E-state index contributed by atoms with van der Waals surface area (Å²) in [6.07, 6.45) is 0.195. The maximum Gasteiger partial charge on any atom is 0.308 e. The summed E-state index contributed by atoms with van der Waals surface area (Å²) in [5, 5.41) is 18.2. The zero-order valence-corrected chi connectivity index (χ0v) is 29.3. The summed E-state index contributed by atoms with van der Waals surface area (Å²) in [6, 6.07) is 2.29. The van der Waals surface area contributed by atoms with Crippen molar-refractivity contribution in [3.8, 4) is 5.75 Å². The van der Waals surface area contributed by atoms with Crippen LogP contribution in [0, 0.1) is 17.8 Å². The van der Waals surface area contributed by atoms with Gasteiger partial charge in [-0.05, 0) is 61.1 Å². The van der Waals surface area contributed by atoms with Gasteiger partial charge in [0.15, 0.2) is 6.10 Å². The summed E-state index contributed by atoms with van der Waals surface area (Å²) in [7, 11) is 1.49. The van der Waals surface area contributed by atoms with Gasteiger partial charge in [-0.2, -0.15) is 0 Å². The van der Waals surface area contributed by atoms with E-state index in [1.54, 1.807) is 26.0 Å². The molecule has 13 heteroatoms. The van der Waals surface area contributed by atoms with Crippen molar-refractivity contribution in [2.24, 2.45) is 17.8 Å². The first kappa shape index (κ1) is 38.3. The Kier molecular flexibility index (Phi) is 13.8. The molecule has 0 aromatic heterocycles. The average molecular weight is 672 g/mol. The molecule has 5 amide bonds. The van der Waals surface area contributed by atoms with Crippen LogP contribution >= 0.6 is 0 Å². The Labute approximate surface area is 283 Å². The molecule has 2 heterocycles. The number of phenolic OH excluding ortho intramolecular Hbond substituents is 1. The van der Waals surface area contributed by atoms with Gasteiger partial charge in [0.1, 0.15) is 29.9 Å². The van der Waals surface area contributed by atoms with E-state index in [9.17, 15) is 33.9 Å². The maximum atomic E-state index is 14.2. The third-order valence-corrected chi connectivity index (χ3v) is 8.70. The van der Waals surface area contributed by atoms with E-state index in [4.69, 9.17) is 4.74 Å². The van der Waals surface area contributed by atoms with E-state index in [1.165, 1.54) is 29.0 Å². The first-order valence-electron chi connectivity index (χ1n) is 17.0. The number of benzene rings is 1. The Bertz CT molecular complexity index is 1310. The van der Waals surface area contributed by atoms with Crippen LogP contribution in [0.1, 0.15) is 79.2 Å². The molecule has 13 nitrogen and oxygen atoms in total. The Morgan fingerprint density at radius 3 is 2.06 bits per heavy atom. The maximum absolute atomic E-state index is 14.2. The Morgan fingerprint density at radius 2 is 1.46 bits per heavy atom. The summed E-state index contributed by atoms with van der Waals surface area (Å²) in [6.45, 7) is 11.4. The third kappa shape index (κ3) is 10.4. The number of hydrogen-bond donors (Lipinski definition) is 4. The Morgan fingerprint density at radius 1 is 0.833 bits per heavy atom. The fraction of sp³-hybridized carbons (Fsp3) is 0.657. The number of carbonyl (C=O) groups is 6. The van der Waals surface area contributed by atoms with Crippen molar-refractivity contribution in [2.75, 3.05) is 20.1 Å². The number of fused-ring (bicyclic) bond motifs is 1. The molecule has 2 saturated heterocycles. The standard InChI is InChI=1S/C35H53N5O8/c1-20(2)17-25-31(43)36-15-14-29(42)48-28(18-21(3)4)35(47)40-16-8-9-27(40)32(44)38-26(19-23-10-12-24(41)13-11-23)34(46)39(7)30(22(5)6)33(45)37-25/h10-13,20-22,25-28,30,41H,8-9,14-19H2,1-7H3,(H,36,43)(H,37,45)(H,38,44). The molecule has 5 atom stereocenters. The van der Waals surface area contributed by atoms with Gasteiger partial charge in [0.2, 0.25) is 23.6 Å². The summed E-state index contributed by atoms with van der Waals surface area (Å²) < 4.78 is 5.64. The molecule has 2 fully saturated rings. The second-order valence-electron chi connectivity index (χ2n) is 14.1. The number of nitrogens with zero attached hydrogens (tertiary/aromatic N) is 2. The second-order valence-corrected chi connectivity index (χ2v) is 14.1. The van der Waals surface area contributed by atoms with Gasteiger partial charge >= 0.3 is 5.97 Å². The average Bonchev–Trinajstić information content (AvgIpc) is 3.49. The van der Waals surface area contributed by atoms with Gasteiger partial charge in [0.25, 0.3) is 5.91 Å². The highest BCUT2D eigenvalue weighted by molar-refractivity contribution is 5.96. The number of rotatable bonds is 7. The second kappa shape index (κ2) is 17.3. The molecule has 4 N–H and O–H groups in total. The molecule has 0 spiro atoms. The minimum atomic E-state index is -1.13. The molecule has 0 saturated carbocycles. The molecule has 48 heavy (non-hydrogen) atoms. The van der Waals surface area contributed by atoms with Crippen LogP contribution in [0.2, 0.25) is 0 Å². The Balaban J connectivity index is 2.05. The van der Waals surface area contributed by atoms with Crippen LogP contribution in [0.15, 0.2) is 24.3 Å². The van der Waals surface area contributed by atoms with E-state index in [1.807, 2.05) is 27.7 Å². The zero-order chi connectivity index (χ0) is 35.7. The fourth-order valence-corrected chi connectivity index (χ4v) is 6.35. The quantitative estimate of drug-likeness (QED) is 0.318. The fourth-order valence-electron chi connectivity index (χ4n) is 6.35. The highest BCUT2D eigenvalue weighted by atomic mass is 16.5. The molecule has 0 bridgehead atoms. The van der Waals surface area contributed by atoms with Gasteiger partial charge in [-0.3, -0.25) is 28.8 Å². The molecule has 1 aromatic rings. The SMILES string of the molecule is CC(C)CC1NC(=O)C(C(C)C)N(C)C(=O)C(Cc2ccc(O)cc2)NC(=O)C2CCCN2C(=O)C(CC(C)C)OC(=O)CCNC1=O. The first-order valence-corrected chi connectivity index (χ1v) is 17.0. The zero-order valence-electron chi connectivity index (χ0n) is 29.3. The predicted molar refractivity (Wildman–Crippen MR) is 178 cm³/mol. The van der Waals surface area contributed by atoms with Crippen molar-refractivity contribution in [1.29, 1.82) is 0 Å². The number of nitrogens with one attached hydrogen (secondary N) is 3. The number of cyclic esters (lactones) is 1. The minimum absolute atomic E-state index is 0.0000881. The minimum Gasteiger partial charge on any atom is -0.508 e. The molecule has 0 aliphatic carbocycles. The molecule has 2 aliphatic rings. The lowest BCUT2D eigenvalue weighted by Gasteiger charge is -2.35. The van der Waals surface area contributed by atoms with Gasteiger partial charge < -0.3 is 35.6 Å². The Hall–Kier alpha value is -4.16. The van der Waals surface area contributed by atoms with Crippen molar-refractivity contribution in [1.82, 2.24) is 25.8 Å². The van der Waals surface area contributed by atoms with Crippen LogP contribution in [0.4, 0.5) is 0 Å². The van der Waals surface area contributed by atoms with Gasteiger partial charge in [-0.1, -0.05) is 53.7 Å². The van der Waals surface area contributed by atoms with Crippen LogP contribution in [0.25, 0.3) is 0 Å². The van der Waals surface area contributed by atoms with Gasteiger partial charge in [-0.25, -0.2) is 0 Å². The summed E-state index contributed by atoms with van der Waals surface area (Å²) >= 11 is 0. The van der Waals surface area contributed by atoms with E-state index >= 15 is 0 Å². The van der Waals surface area contributed by atoms with Crippen LogP contribution in [-0.4, -0.2) is 101 Å². The van der Waals surface area contributed by atoms with E-state index < -0.39 is 65.8 Å².